The Morgan fingerprint density at radius 1 is 0.283 bits per heavy atom. The zero-order valence-corrected chi connectivity index (χ0v) is 31.8. The number of aromatic amines is 4. The summed E-state index contributed by atoms with van der Waals surface area (Å²) in [4.78, 5) is 108. The minimum absolute atomic E-state index is 0.0536. The predicted molar refractivity (Wildman–Crippen MR) is 183 cm³/mol. The van der Waals surface area contributed by atoms with Gasteiger partial charge in [0.05, 0.1) is 0 Å². The fourth-order valence-corrected chi connectivity index (χ4v) is 8.25. The summed E-state index contributed by atoms with van der Waals surface area (Å²) in [6, 6.07) is 0. The van der Waals surface area contributed by atoms with Crippen molar-refractivity contribution in [3.05, 3.63) is 90.1 Å². The molecule has 60 heavy (non-hydrogen) atoms. The van der Waals surface area contributed by atoms with E-state index < -0.39 is 99.1 Å². The molecule has 0 unspecified atom stereocenters. The zero-order valence-electron chi connectivity index (χ0n) is 31.8. The number of carboxylic acid groups (broad SMARTS) is 8. The molecule has 0 radical (unpaired) electrons. The Balaban J connectivity index is 1.90. The summed E-state index contributed by atoms with van der Waals surface area (Å²) in [5.74, 6) is -12.3. The number of aromatic nitrogens is 4. The first-order chi connectivity index (χ1) is 28.3. The van der Waals surface area contributed by atoms with E-state index in [0.29, 0.717) is 0 Å². The molecule has 5 heterocycles. The molecule has 320 valence electrons. The Morgan fingerprint density at radius 2 is 0.450 bits per heavy atom. The lowest BCUT2D eigenvalue weighted by atomic mass is 9.93. The average molecular weight is 829 g/mol. The largest absolute Gasteiger partial charge is 0.550 e. The molecule has 4 N–H and O–H groups in total. The van der Waals surface area contributed by atoms with Gasteiger partial charge >= 0.3 is 0 Å². The third-order valence-electron chi connectivity index (χ3n) is 10.6. The van der Waals surface area contributed by atoms with Gasteiger partial charge in [-0.3, -0.25) is 0 Å². The minimum Gasteiger partial charge on any atom is -0.550 e. The van der Waals surface area contributed by atoms with Gasteiger partial charge in [-0.2, -0.15) is 0 Å². The third-order valence-corrected chi connectivity index (χ3v) is 10.6. The number of hydrogen-bond donors (Lipinski definition) is 4. The standard InChI is InChI=1S/C40H44N4O16/c45-33(46)5-1-17-21(9-37(53)54)29-14-27-19(3-7-35(49)50)22(10-38(55)56)30(43-27)15-28-20(4-8-36(51)52)24(12-40(59)60)32(44-28)16-31-23(11-39(57)58)18(2-6-34(47)48)26(42-31)13-25(17)41-29/h41-44H,1-16H2,(H,45,46)(H,47,48)(H,49,50)(H,51,52)(H,53,54)(H,55,56)(H,57,58)(H,59,60)/p-8. The highest BCUT2D eigenvalue weighted by Gasteiger charge is 2.28. The normalized spacial score (nSPS) is 12.3. The molecule has 0 amide bonds. The lowest BCUT2D eigenvalue weighted by Crippen LogP contribution is -2.26. The van der Waals surface area contributed by atoms with Crippen molar-refractivity contribution in [2.24, 2.45) is 0 Å². The number of fused-ring (bicyclic) bond motifs is 8. The van der Waals surface area contributed by atoms with E-state index in [1.807, 2.05) is 0 Å². The second-order valence-corrected chi connectivity index (χ2v) is 14.5. The molecule has 1 aliphatic heterocycles. The van der Waals surface area contributed by atoms with Gasteiger partial charge in [0.15, 0.2) is 0 Å². The van der Waals surface area contributed by atoms with Crippen molar-refractivity contribution in [3.8, 4) is 0 Å². The second kappa shape index (κ2) is 18.6. The highest BCUT2D eigenvalue weighted by molar-refractivity contribution is 5.74. The van der Waals surface area contributed by atoms with E-state index >= 15 is 0 Å². The fourth-order valence-electron chi connectivity index (χ4n) is 8.25. The van der Waals surface area contributed by atoms with Crippen molar-refractivity contribution in [1.29, 1.82) is 0 Å². The molecule has 4 aromatic rings. The quantitative estimate of drug-likeness (QED) is 0.0566. The third kappa shape index (κ3) is 10.7. The Morgan fingerprint density at radius 3 is 0.600 bits per heavy atom. The van der Waals surface area contributed by atoms with Crippen molar-refractivity contribution < 1.29 is 79.2 Å². The smallest absolute Gasteiger partial charge is 0.0458 e. The molecule has 20 nitrogen and oxygen atoms in total. The summed E-state index contributed by atoms with van der Waals surface area (Å²) in [6.45, 7) is 0. The molecule has 8 bridgehead atoms. The Bertz CT molecular complexity index is 2390. The van der Waals surface area contributed by atoms with Crippen LogP contribution in [0.3, 0.4) is 0 Å². The fraction of sp³-hybridized carbons (Fsp3) is 0.400. The van der Waals surface area contributed by atoms with Crippen molar-refractivity contribution in [2.75, 3.05) is 0 Å². The van der Waals surface area contributed by atoms with Gasteiger partial charge < -0.3 is 99.1 Å². The minimum atomic E-state index is -1.58. The first-order valence-electron chi connectivity index (χ1n) is 18.8. The van der Waals surface area contributed by atoms with Crippen LogP contribution < -0.4 is 40.9 Å². The van der Waals surface area contributed by atoms with Crippen LogP contribution in [0.25, 0.3) is 0 Å². The number of carboxylic acids is 8. The van der Waals surface area contributed by atoms with E-state index in [9.17, 15) is 79.2 Å². The number of H-pyrrole nitrogens is 4. The Labute approximate surface area is 339 Å². The second-order valence-electron chi connectivity index (χ2n) is 14.5. The molecule has 1 aliphatic rings. The molecule has 0 atom stereocenters. The summed E-state index contributed by atoms with van der Waals surface area (Å²) in [7, 11) is 0. The number of aliphatic carboxylic acids is 8. The molecular formula is C40H36N4O16-8. The van der Waals surface area contributed by atoms with Gasteiger partial charge in [-0.05, 0) is 95.9 Å². The van der Waals surface area contributed by atoms with Crippen molar-refractivity contribution in [3.63, 3.8) is 0 Å². The highest BCUT2D eigenvalue weighted by atomic mass is 16.4. The number of nitrogens with one attached hydrogen (secondary N) is 4. The van der Waals surface area contributed by atoms with E-state index in [1.54, 1.807) is 0 Å². The van der Waals surface area contributed by atoms with Gasteiger partial charge in [-0.25, -0.2) is 0 Å². The van der Waals surface area contributed by atoms with Crippen LogP contribution in [0, 0.1) is 0 Å². The van der Waals surface area contributed by atoms with Crippen molar-refractivity contribution in [2.45, 2.75) is 103 Å². The van der Waals surface area contributed by atoms with Crippen LogP contribution in [0.15, 0.2) is 0 Å². The monoisotopic (exact) mass is 828 g/mol. The van der Waals surface area contributed by atoms with Crippen molar-refractivity contribution in [1.82, 2.24) is 19.9 Å². The van der Waals surface area contributed by atoms with E-state index in [0.717, 1.165) is 0 Å². The van der Waals surface area contributed by atoms with Crippen LogP contribution in [0.1, 0.15) is 116 Å². The molecule has 0 aliphatic carbocycles. The van der Waals surface area contributed by atoms with Gasteiger partial charge in [-0.1, -0.05) is 0 Å². The Hall–Kier alpha value is -7.12. The summed E-state index contributed by atoms with van der Waals surface area (Å²) in [5.41, 5.74) is 2.32. The summed E-state index contributed by atoms with van der Waals surface area (Å²) in [6.07, 6.45) is -7.75. The molecule has 0 fully saturated rings. The van der Waals surface area contributed by atoms with E-state index in [1.165, 1.54) is 0 Å². The van der Waals surface area contributed by atoms with Crippen molar-refractivity contribution >= 4 is 47.8 Å². The molecule has 0 saturated carbocycles. The molecule has 0 saturated heterocycles. The van der Waals surface area contributed by atoms with Gasteiger partial charge in [0.2, 0.25) is 0 Å². The maximum Gasteiger partial charge on any atom is 0.0458 e. The summed E-state index contributed by atoms with van der Waals surface area (Å²) in [5, 5.41) is 95.6. The van der Waals surface area contributed by atoms with Crippen LogP contribution in [-0.4, -0.2) is 67.7 Å². The lowest BCUT2D eigenvalue weighted by Gasteiger charge is -2.13. The molecule has 5 rings (SSSR count). The highest BCUT2D eigenvalue weighted by Crippen LogP contribution is 2.35. The van der Waals surface area contributed by atoms with Crippen LogP contribution in [0.4, 0.5) is 0 Å². The van der Waals surface area contributed by atoms with Crippen LogP contribution in [0.2, 0.25) is 0 Å². The first kappa shape index (κ1) is 44.0. The lowest BCUT2D eigenvalue weighted by molar-refractivity contribution is -0.307. The Kier molecular flexibility index (Phi) is 13.7. The molecular weight excluding hydrogens is 792 g/mol. The molecule has 20 heteroatoms. The number of carbonyl (C=O) groups is 8. The topological polar surface area (TPSA) is 384 Å². The van der Waals surface area contributed by atoms with Gasteiger partial charge in [-0.15, -0.1) is 0 Å². The van der Waals surface area contributed by atoms with E-state index in [-0.39, 0.29) is 141 Å². The van der Waals surface area contributed by atoms with E-state index in [2.05, 4.69) is 19.9 Å². The maximum absolute atomic E-state index is 12.2. The average Bonchev–Trinajstić information content (AvgIpc) is 3.81. The molecule has 4 aromatic heterocycles. The van der Waals surface area contributed by atoms with Gasteiger partial charge in [0, 0.05) is 145 Å². The van der Waals surface area contributed by atoms with Crippen LogP contribution >= 0.6 is 0 Å². The maximum atomic E-state index is 12.2. The summed E-state index contributed by atoms with van der Waals surface area (Å²) >= 11 is 0. The zero-order chi connectivity index (χ0) is 44.0. The van der Waals surface area contributed by atoms with Crippen LogP contribution in [0.5, 0.6) is 0 Å². The van der Waals surface area contributed by atoms with E-state index in [4.69, 9.17) is 0 Å². The number of hydrogen-bond acceptors (Lipinski definition) is 16. The number of rotatable bonds is 20. The molecule has 0 aromatic carbocycles. The predicted octanol–water partition coefficient (Wildman–Crippen LogP) is -8.42. The summed E-state index contributed by atoms with van der Waals surface area (Å²) < 4.78 is 0. The van der Waals surface area contributed by atoms with Gasteiger partial charge in [0.25, 0.3) is 0 Å². The van der Waals surface area contributed by atoms with Gasteiger partial charge in [0.1, 0.15) is 0 Å². The SMILES string of the molecule is O=C([O-])CCc1c2[nH]c(c1CC(=O)[O-])Cc1[nH]c(c(CC(=O)[O-])c1CCC(=O)[O-])Cc1[nH]c(c(CC(=O)[O-])c1CCC(=O)[O-])Cc1[nH]c(c(CCC(=O)[O-])c1CC(=O)[O-])C2. The number of carbonyl (C=O) groups excluding carboxylic acids is 8. The first-order valence-corrected chi connectivity index (χ1v) is 18.8. The molecule has 0 spiro atoms. The van der Waals surface area contributed by atoms with Crippen LogP contribution in [-0.2, 0) is 115 Å².